The molecule has 0 spiro atoms. The van der Waals surface area contributed by atoms with Gasteiger partial charge in [-0.05, 0) is 31.4 Å². The lowest BCUT2D eigenvalue weighted by atomic mass is 9.94. The molecule has 1 N–H and O–H groups in total. The second kappa shape index (κ2) is 4.72. The standard InChI is InChI=1S/C13H21N5/c1-17(2)13-15-7-5-12(16-13)18-8-10-4-3-6-14-11(10)9-18/h5,7,10-11,14H,3-4,6,8-9H2,1-2H3. The van der Waals surface area contributed by atoms with Gasteiger partial charge < -0.3 is 15.1 Å². The Labute approximate surface area is 108 Å². The summed E-state index contributed by atoms with van der Waals surface area (Å²) in [5, 5.41) is 3.62. The molecule has 2 aliphatic heterocycles. The molecule has 1 aromatic heterocycles. The molecule has 3 rings (SSSR count). The molecular weight excluding hydrogens is 226 g/mol. The lowest BCUT2D eigenvalue weighted by Gasteiger charge is -2.24. The number of aromatic nitrogens is 2. The topological polar surface area (TPSA) is 44.3 Å². The molecule has 5 heteroatoms. The molecule has 2 aliphatic rings. The van der Waals surface area contributed by atoms with Gasteiger partial charge in [-0.15, -0.1) is 0 Å². The molecule has 3 heterocycles. The zero-order chi connectivity index (χ0) is 12.5. The van der Waals surface area contributed by atoms with E-state index in [0.29, 0.717) is 6.04 Å². The van der Waals surface area contributed by atoms with Crippen LogP contribution in [0.2, 0.25) is 0 Å². The first kappa shape index (κ1) is 11.7. The summed E-state index contributed by atoms with van der Waals surface area (Å²) in [6, 6.07) is 2.67. The number of piperidine rings is 1. The summed E-state index contributed by atoms with van der Waals surface area (Å²) in [4.78, 5) is 13.2. The third-order valence-electron chi connectivity index (χ3n) is 3.95. The molecule has 5 nitrogen and oxygen atoms in total. The Balaban J connectivity index is 1.77. The molecule has 0 aromatic carbocycles. The maximum Gasteiger partial charge on any atom is 0.226 e. The number of fused-ring (bicyclic) bond motifs is 1. The Morgan fingerprint density at radius 3 is 3.06 bits per heavy atom. The minimum atomic E-state index is 0.650. The number of hydrogen-bond donors (Lipinski definition) is 1. The van der Waals surface area contributed by atoms with E-state index >= 15 is 0 Å². The molecule has 18 heavy (non-hydrogen) atoms. The van der Waals surface area contributed by atoms with Crippen LogP contribution in [0, 0.1) is 5.92 Å². The first-order valence-corrected chi connectivity index (χ1v) is 6.73. The predicted octanol–water partition coefficient (Wildman–Crippen LogP) is 0.731. The molecule has 0 amide bonds. The fraction of sp³-hybridized carbons (Fsp3) is 0.692. The summed E-state index contributed by atoms with van der Waals surface area (Å²) in [7, 11) is 3.95. The van der Waals surface area contributed by atoms with Crippen molar-refractivity contribution in [2.24, 2.45) is 5.92 Å². The molecule has 2 fully saturated rings. The first-order chi connectivity index (χ1) is 8.74. The van der Waals surface area contributed by atoms with Gasteiger partial charge in [-0.1, -0.05) is 0 Å². The van der Waals surface area contributed by atoms with Crippen LogP contribution in [0.4, 0.5) is 11.8 Å². The van der Waals surface area contributed by atoms with Gasteiger partial charge in [-0.2, -0.15) is 4.98 Å². The minimum absolute atomic E-state index is 0.650. The molecule has 1 aromatic rings. The normalized spacial score (nSPS) is 27.1. The molecule has 0 saturated carbocycles. The van der Waals surface area contributed by atoms with Gasteiger partial charge in [-0.25, -0.2) is 4.98 Å². The minimum Gasteiger partial charge on any atom is -0.355 e. The van der Waals surface area contributed by atoms with Crippen LogP contribution in [0.1, 0.15) is 12.8 Å². The van der Waals surface area contributed by atoms with E-state index in [1.807, 2.05) is 31.3 Å². The molecular formula is C13H21N5. The summed E-state index contributed by atoms with van der Waals surface area (Å²) in [5.74, 6) is 2.64. The lowest BCUT2D eigenvalue weighted by molar-refractivity contribution is 0.340. The quantitative estimate of drug-likeness (QED) is 0.834. The maximum atomic E-state index is 4.63. The van der Waals surface area contributed by atoms with Gasteiger partial charge in [0.1, 0.15) is 5.82 Å². The average Bonchev–Trinajstić information content (AvgIpc) is 2.82. The molecule has 2 unspecified atom stereocenters. The maximum absolute atomic E-state index is 4.63. The van der Waals surface area contributed by atoms with Crippen molar-refractivity contribution in [2.75, 3.05) is 43.5 Å². The van der Waals surface area contributed by atoms with Crippen molar-refractivity contribution in [1.29, 1.82) is 0 Å². The van der Waals surface area contributed by atoms with Crippen molar-refractivity contribution in [1.82, 2.24) is 15.3 Å². The highest BCUT2D eigenvalue weighted by Gasteiger charge is 2.34. The van der Waals surface area contributed by atoms with E-state index in [-0.39, 0.29) is 0 Å². The van der Waals surface area contributed by atoms with E-state index in [4.69, 9.17) is 0 Å². The zero-order valence-electron chi connectivity index (χ0n) is 11.1. The van der Waals surface area contributed by atoms with Gasteiger partial charge >= 0.3 is 0 Å². The molecule has 0 bridgehead atoms. The Morgan fingerprint density at radius 2 is 2.28 bits per heavy atom. The van der Waals surface area contributed by atoms with E-state index in [1.165, 1.54) is 19.4 Å². The Kier molecular flexibility index (Phi) is 3.07. The first-order valence-electron chi connectivity index (χ1n) is 6.73. The van der Waals surface area contributed by atoms with Gasteiger partial charge in [0.05, 0.1) is 0 Å². The van der Waals surface area contributed by atoms with Crippen molar-refractivity contribution in [3.05, 3.63) is 12.3 Å². The van der Waals surface area contributed by atoms with Crippen LogP contribution in [0.25, 0.3) is 0 Å². The van der Waals surface area contributed by atoms with Crippen molar-refractivity contribution in [3.63, 3.8) is 0 Å². The predicted molar refractivity (Wildman–Crippen MR) is 73.1 cm³/mol. The Morgan fingerprint density at radius 1 is 1.39 bits per heavy atom. The van der Waals surface area contributed by atoms with Crippen LogP contribution < -0.4 is 15.1 Å². The van der Waals surface area contributed by atoms with Gasteiger partial charge in [-0.3, -0.25) is 0 Å². The highest BCUT2D eigenvalue weighted by atomic mass is 15.3. The highest BCUT2D eigenvalue weighted by Crippen LogP contribution is 2.28. The summed E-state index contributed by atoms with van der Waals surface area (Å²) in [6.07, 6.45) is 4.51. The number of nitrogens with zero attached hydrogens (tertiary/aromatic N) is 4. The number of rotatable bonds is 2. The van der Waals surface area contributed by atoms with Crippen molar-refractivity contribution < 1.29 is 0 Å². The monoisotopic (exact) mass is 247 g/mol. The Hall–Kier alpha value is -1.36. The number of hydrogen-bond acceptors (Lipinski definition) is 5. The second-order valence-electron chi connectivity index (χ2n) is 5.48. The van der Waals surface area contributed by atoms with Crippen molar-refractivity contribution in [2.45, 2.75) is 18.9 Å². The smallest absolute Gasteiger partial charge is 0.226 e. The van der Waals surface area contributed by atoms with Crippen LogP contribution in [0.3, 0.4) is 0 Å². The summed E-state index contributed by atoms with van der Waals surface area (Å²) in [5.41, 5.74) is 0. The fourth-order valence-corrected chi connectivity index (χ4v) is 2.96. The summed E-state index contributed by atoms with van der Waals surface area (Å²) >= 11 is 0. The van der Waals surface area contributed by atoms with E-state index in [0.717, 1.165) is 30.8 Å². The highest BCUT2D eigenvalue weighted by molar-refractivity contribution is 5.44. The zero-order valence-corrected chi connectivity index (χ0v) is 11.1. The fourth-order valence-electron chi connectivity index (χ4n) is 2.96. The van der Waals surface area contributed by atoms with Crippen LogP contribution in [-0.2, 0) is 0 Å². The summed E-state index contributed by atoms with van der Waals surface area (Å²) < 4.78 is 0. The third-order valence-corrected chi connectivity index (χ3v) is 3.95. The SMILES string of the molecule is CN(C)c1nccc(N2CC3CCCNC3C2)n1. The second-order valence-corrected chi connectivity index (χ2v) is 5.48. The Bertz CT molecular complexity index is 406. The number of anilines is 2. The van der Waals surface area contributed by atoms with Crippen LogP contribution in [-0.4, -0.2) is 49.7 Å². The number of nitrogens with one attached hydrogen (secondary N) is 1. The van der Waals surface area contributed by atoms with E-state index in [1.54, 1.807) is 0 Å². The van der Waals surface area contributed by atoms with Crippen LogP contribution in [0.15, 0.2) is 12.3 Å². The van der Waals surface area contributed by atoms with Gasteiger partial charge in [0.25, 0.3) is 0 Å². The van der Waals surface area contributed by atoms with Crippen molar-refractivity contribution in [3.8, 4) is 0 Å². The van der Waals surface area contributed by atoms with Gasteiger partial charge in [0, 0.05) is 39.4 Å². The van der Waals surface area contributed by atoms with E-state index < -0.39 is 0 Å². The van der Waals surface area contributed by atoms with E-state index in [9.17, 15) is 0 Å². The largest absolute Gasteiger partial charge is 0.355 e. The molecule has 2 saturated heterocycles. The lowest BCUT2D eigenvalue weighted by Crippen LogP contribution is -2.40. The third kappa shape index (κ3) is 2.14. The average molecular weight is 247 g/mol. The molecule has 0 radical (unpaired) electrons. The summed E-state index contributed by atoms with van der Waals surface area (Å²) in [6.45, 7) is 3.37. The van der Waals surface area contributed by atoms with Crippen LogP contribution >= 0.6 is 0 Å². The van der Waals surface area contributed by atoms with Crippen molar-refractivity contribution >= 4 is 11.8 Å². The molecule has 98 valence electrons. The van der Waals surface area contributed by atoms with Crippen LogP contribution in [0.5, 0.6) is 0 Å². The molecule has 0 aliphatic carbocycles. The van der Waals surface area contributed by atoms with E-state index in [2.05, 4.69) is 20.2 Å². The molecule has 2 atom stereocenters. The van der Waals surface area contributed by atoms with Gasteiger partial charge in [0.15, 0.2) is 0 Å². The van der Waals surface area contributed by atoms with Gasteiger partial charge in [0.2, 0.25) is 5.95 Å².